The van der Waals surface area contributed by atoms with Gasteiger partial charge in [-0.3, -0.25) is 0 Å². The number of H-pyrrole nitrogens is 1. The standard InChI is InChI=1S/C16H12F3NO/c17-16(18,19)11-6-4-10(5-7-11)15(21)13-2-1-3-14-12(13)8-9-20-14/h1-9,15,20-21H. The molecule has 0 saturated carbocycles. The van der Waals surface area contributed by atoms with E-state index in [-0.39, 0.29) is 0 Å². The van der Waals surface area contributed by atoms with Gasteiger partial charge in [0, 0.05) is 17.1 Å². The monoisotopic (exact) mass is 291 g/mol. The van der Waals surface area contributed by atoms with Crippen LogP contribution in [0.5, 0.6) is 0 Å². The third-order valence-electron chi connectivity index (χ3n) is 3.48. The highest BCUT2D eigenvalue weighted by molar-refractivity contribution is 5.83. The molecule has 0 aliphatic rings. The molecule has 0 spiro atoms. The summed E-state index contributed by atoms with van der Waals surface area (Å²) >= 11 is 0. The molecule has 1 heterocycles. The molecule has 0 radical (unpaired) electrons. The highest BCUT2D eigenvalue weighted by Gasteiger charge is 2.30. The van der Waals surface area contributed by atoms with Crippen molar-refractivity contribution in [3.63, 3.8) is 0 Å². The molecule has 0 fully saturated rings. The summed E-state index contributed by atoms with van der Waals surface area (Å²) in [7, 11) is 0. The molecule has 0 saturated heterocycles. The van der Waals surface area contributed by atoms with Crippen LogP contribution >= 0.6 is 0 Å². The maximum Gasteiger partial charge on any atom is 0.416 e. The Hall–Kier alpha value is -2.27. The van der Waals surface area contributed by atoms with Crippen molar-refractivity contribution in [3.8, 4) is 0 Å². The van der Waals surface area contributed by atoms with Crippen LogP contribution in [0.1, 0.15) is 22.8 Å². The second-order valence-corrected chi connectivity index (χ2v) is 4.81. The molecule has 1 aromatic heterocycles. The Kier molecular flexibility index (Phi) is 3.22. The first-order chi connectivity index (χ1) is 9.97. The van der Waals surface area contributed by atoms with E-state index < -0.39 is 17.8 Å². The van der Waals surface area contributed by atoms with Crippen molar-refractivity contribution < 1.29 is 18.3 Å². The molecule has 0 aliphatic heterocycles. The minimum absolute atomic E-state index is 0.428. The van der Waals surface area contributed by atoms with Crippen LogP contribution < -0.4 is 0 Å². The van der Waals surface area contributed by atoms with Crippen LogP contribution in [0.4, 0.5) is 13.2 Å². The van der Waals surface area contributed by atoms with Crippen molar-refractivity contribution in [2.75, 3.05) is 0 Å². The molecule has 2 N–H and O–H groups in total. The Bertz CT molecular complexity index is 759. The second-order valence-electron chi connectivity index (χ2n) is 4.81. The lowest BCUT2D eigenvalue weighted by Gasteiger charge is -2.14. The smallest absolute Gasteiger partial charge is 0.384 e. The largest absolute Gasteiger partial charge is 0.416 e. The summed E-state index contributed by atoms with van der Waals surface area (Å²) in [6.45, 7) is 0. The zero-order valence-electron chi connectivity index (χ0n) is 10.9. The zero-order valence-corrected chi connectivity index (χ0v) is 10.9. The van der Waals surface area contributed by atoms with Crippen molar-refractivity contribution in [2.45, 2.75) is 12.3 Å². The Morgan fingerprint density at radius 1 is 0.952 bits per heavy atom. The minimum Gasteiger partial charge on any atom is -0.384 e. The lowest BCUT2D eigenvalue weighted by atomic mass is 9.97. The van der Waals surface area contributed by atoms with Crippen molar-refractivity contribution >= 4 is 10.9 Å². The van der Waals surface area contributed by atoms with Gasteiger partial charge < -0.3 is 10.1 Å². The fourth-order valence-electron chi connectivity index (χ4n) is 2.38. The van der Waals surface area contributed by atoms with Crippen LogP contribution in [0, 0.1) is 0 Å². The van der Waals surface area contributed by atoms with Crippen LogP contribution in [0.2, 0.25) is 0 Å². The number of hydrogen-bond donors (Lipinski definition) is 2. The molecule has 3 aromatic rings. The van der Waals surface area contributed by atoms with E-state index in [0.29, 0.717) is 11.1 Å². The number of halogens is 3. The van der Waals surface area contributed by atoms with Crippen molar-refractivity contribution in [1.82, 2.24) is 4.98 Å². The van der Waals surface area contributed by atoms with Crippen LogP contribution in [-0.4, -0.2) is 10.1 Å². The molecule has 3 rings (SSSR count). The van der Waals surface area contributed by atoms with Gasteiger partial charge in [0.1, 0.15) is 6.10 Å². The van der Waals surface area contributed by atoms with Gasteiger partial charge in [0.15, 0.2) is 0 Å². The van der Waals surface area contributed by atoms with E-state index >= 15 is 0 Å². The lowest BCUT2D eigenvalue weighted by Crippen LogP contribution is -2.06. The molecular formula is C16H12F3NO. The van der Waals surface area contributed by atoms with Gasteiger partial charge in [0.2, 0.25) is 0 Å². The molecule has 2 nitrogen and oxygen atoms in total. The van der Waals surface area contributed by atoms with E-state index in [1.54, 1.807) is 18.3 Å². The molecule has 1 atom stereocenters. The van der Waals surface area contributed by atoms with Crippen molar-refractivity contribution in [3.05, 3.63) is 71.4 Å². The number of aliphatic hydroxyl groups excluding tert-OH is 1. The zero-order chi connectivity index (χ0) is 15.0. The summed E-state index contributed by atoms with van der Waals surface area (Å²) in [6, 6.07) is 11.8. The maximum absolute atomic E-state index is 12.5. The predicted octanol–water partition coefficient (Wildman–Crippen LogP) is 4.27. The van der Waals surface area contributed by atoms with Gasteiger partial charge in [-0.1, -0.05) is 24.3 Å². The predicted molar refractivity (Wildman–Crippen MR) is 73.8 cm³/mol. The Labute approximate surface area is 118 Å². The summed E-state index contributed by atoms with van der Waals surface area (Å²) < 4.78 is 37.6. The molecular weight excluding hydrogens is 279 g/mol. The average Bonchev–Trinajstić information content (AvgIpc) is 2.94. The topological polar surface area (TPSA) is 36.0 Å². The molecule has 1 unspecified atom stereocenters. The highest BCUT2D eigenvalue weighted by atomic mass is 19.4. The molecule has 0 bridgehead atoms. The van der Waals surface area contributed by atoms with Gasteiger partial charge in [-0.2, -0.15) is 13.2 Å². The van der Waals surface area contributed by atoms with E-state index in [1.165, 1.54) is 12.1 Å². The van der Waals surface area contributed by atoms with Crippen molar-refractivity contribution in [2.24, 2.45) is 0 Å². The molecule has 108 valence electrons. The van der Waals surface area contributed by atoms with Crippen LogP contribution in [0.15, 0.2) is 54.7 Å². The number of aromatic nitrogens is 1. The van der Waals surface area contributed by atoms with E-state index in [0.717, 1.165) is 23.0 Å². The third kappa shape index (κ3) is 2.52. The van der Waals surface area contributed by atoms with Gasteiger partial charge >= 0.3 is 6.18 Å². The number of benzene rings is 2. The fraction of sp³-hybridized carbons (Fsp3) is 0.125. The number of nitrogens with one attached hydrogen (secondary N) is 1. The third-order valence-corrected chi connectivity index (χ3v) is 3.48. The first-order valence-electron chi connectivity index (χ1n) is 6.38. The van der Waals surface area contributed by atoms with E-state index in [4.69, 9.17) is 0 Å². The minimum atomic E-state index is -4.37. The normalized spacial score (nSPS) is 13.5. The summed E-state index contributed by atoms with van der Waals surface area (Å²) in [6.07, 6.45) is -3.58. The van der Waals surface area contributed by atoms with Gasteiger partial charge in [-0.25, -0.2) is 0 Å². The maximum atomic E-state index is 12.5. The van der Waals surface area contributed by atoms with Crippen molar-refractivity contribution in [1.29, 1.82) is 0 Å². The number of fused-ring (bicyclic) bond motifs is 1. The first-order valence-corrected chi connectivity index (χ1v) is 6.38. The number of rotatable bonds is 2. The average molecular weight is 291 g/mol. The van der Waals surface area contributed by atoms with Crippen LogP contribution in [-0.2, 0) is 6.18 Å². The molecule has 21 heavy (non-hydrogen) atoms. The molecule has 2 aromatic carbocycles. The number of aromatic amines is 1. The van der Waals surface area contributed by atoms with Gasteiger partial charge in [0.25, 0.3) is 0 Å². The lowest BCUT2D eigenvalue weighted by molar-refractivity contribution is -0.137. The summed E-state index contributed by atoms with van der Waals surface area (Å²) in [5, 5.41) is 11.3. The van der Waals surface area contributed by atoms with E-state index in [9.17, 15) is 18.3 Å². The van der Waals surface area contributed by atoms with E-state index in [1.807, 2.05) is 12.1 Å². The van der Waals surface area contributed by atoms with Crippen LogP contribution in [0.3, 0.4) is 0 Å². The highest BCUT2D eigenvalue weighted by Crippen LogP contribution is 2.32. The Morgan fingerprint density at radius 3 is 2.33 bits per heavy atom. The summed E-state index contributed by atoms with van der Waals surface area (Å²) in [4.78, 5) is 3.04. The van der Waals surface area contributed by atoms with Crippen LogP contribution in [0.25, 0.3) is 10.9 Å². The van der Waals surface area contributed by atoms with E-state index in [2.05, 4.69) is 4.98 Å². The fourth-order valence-corrected chi connectivity index (χ4v) is 2.38. The number of aliphatic hydroxyl groups is 1. The SMILES string of the molecule is OC(c1ccc(C(F)(F)F)cc1)c1cccc2[nH]ccc12. The number of hydrogen-bond acceptors (Lipinski definition) is 1. The molecule has 5 heteroatoms. The quantitative estimate of drug-likeness (QED) is 0.727. The first kappa shape index (κ1) is 13.7. The second kappa shape index (κ2) is 4.93. The summed E-state index contributed by atoms with van der Waals surface area (Å²) in [5.74, 6) is 0. The van der Waals surface area contributed by atoms with Gasteiger partial charge in [-0.15, -0.1) is 0 Å². The van der Waals surface area contributed by atoms with Gasteiger partial charge in [0.05, 0.1) is 5.56 Å². The number of alkyl halides is 3. The Morgan fingerprint density at radius 2 is 1.67 bits per heavy atom. The molecule has 0 aliphatic carbocycles. The summed E-state index contributed by atoms with van der Waals surface area (Å²) in [5.41, 5.74) is 1.24. The molecule has 0 amide bonds. The Balaban J connectivity index is 1.98. The van der Waals surface area contributed by atoms with Gasteiger partial charge in [-0.05, 0) is 35.4 Å².